The molecule has 1 saturated carbocycles. The highest BCUT2D eigenvalue weighted by molar-refractivity contribution is 6.31. The first-order chi connectivity index (χ1) is 15.5. The van der Waals surface area contributed by atoms with Crippen molar-refractivity contribution in [3.8, 4) is 5.75 Å². The molecule has 2 aromatic rings. The molecule has 6 nitrogen and oxygen atoms in total. The van der Waals surface area contributed by atoms with Crippen LogP contribution in [0, 0.1) is 23.7 Å². The second-order valence-electron chi connectivity index (χ2n) is 8.59. The smallest absolute Gasteiger partial charge is 0.248 e. The molecule has 1 saturated heterocycles. The van der Waals surface area contributed by atoms with Crippen molar-refractivity contribution in [3.05, 3.63) is 71.3 Å². The van der Waals surface area contributed by atoms with E-state index in [2.05, 4.69) is 5.32 Å². The van der Waals surface area contributed by atoms with Crippen LogP contribution in [0.2, 0.25) is 5.02 Å². The van der Waals surface area contributed by atoms with Crippen LogP contribution in [-0.4, -0.2) is 35.8 Å². The third kappa shape index (κ3) is 3.39. The fraction of sp³-hybridized carbons (Fsp3) is 0.320. The number of methoxy groups -OCH3 is 1. The number of halogens is 1. The number of imide groups is 1. The highest BCUT2D eigenvalue weighted by atomic mass is 35.5. The molecule has 2 aromatic carbocycles. The van der Waals surface area contributed by atoms with E-state index in [4.69, 9.17) is 16.3 Å². The van der Waals surface area contributed by atoms with Gasteiger partial charge in [-0.15, -0.1) is 0 Å². The molecule has 2 aliphatic carbocycles. The van der Waals surface area contributed by atoms with E-state index in [1.165, 1.54) is 12.0 Å². The summed E-state index contributed by atoms with van der Waals surface area (Å²) in [5.41, 5.74) is 1.26. The minimum atomic E-state index is -0.967. The third-order valence-corrected chi connectivity index (χ3v) is 7.05. The van der Waals surface area contributed by atoms with Crippen LogP contribution in [-0.2, 0) is 20.8 Å². The number of carbonyl (C=O) groups is 3. The molecule has 3 amide bonds. The summed E-state index contributed by atoms with van der Waals surface area (Å²) in [4.78, 5) is 41.5. The predicted molar refractivity (Wildman–Crippen MR) is 120 cm³/mol. The summed E-state index contributed by atoms with van der Waals surface area (Å²) in [5, 5.41) is 3.27. The van der Waals surface area contributed by atoms with Gasteiger partial charge in [-0.05, 0) is 42.0 Å². The van der Waals surface area contributed by atoms with Gasteiger partial charge >= 0.3 is 0 Å². The third-order valence-electron chi connectivity index (χ3n) is 6.81. The number of likely N-dealkylation sites (tertiary alicyclic amines) is 1. The minimum absolute atomic E-state index is 0.0833. The van der Waals surface area contributed by atoms with Gasteiger partial charge in [-0.25, -0.2) is 0 Å². The lowest BCUT2D eigenvalue weighted by molar-refractivity contribution is -0.147. The summed E-state index contributed by atoms with van der Waals surface area (Å²) < 4.78 is 5.33. The molecule has 5 atom stereocenters. The summed E-state index contributed by atoms with van der Waals surface area (Å²) in [5.74, 6) is -1.04. The van der Waals surface area contributed by atoms with E-state index in [0.29, 0.717) is 16.5 Å². The maximum atomic E-state index is 13.5. The zero-order chi connectivity index (χ0) is 22.4. The zero-order valence-corrected chi connectivity index (χ0v) is 18.3. The monoisotopic (exact) mass is 450 g/mol. The SMILES string of the molecule is COc1ccc(Cl)cc1NC(=O)[C@@H](Cc1ccccc1)N1C(=O)[C@@H]2[C@H](C1=O)[C@H]1C=C[C@H]2C1. The number of rotatable bonds is 6. The van der Waals surface area contributed by atoms with E-state index >= 15 is 0 Å². The zero-order valence-electron chi connectivity index (χ0n) is 17.5. The van der Waals surface area contributed by atoms with Crippen LogP contribution in [0.4, 0.5) is 5.69 Å². The Morgan fingerprint density at radius 2 is 1.75 bits per heavy atom. The molecular weight excluding hydrogens is 428 g/mol. The lowest BCUT2D eigenvalue weighted by Crippen LogP contribution is -2.49. The van der Waals surface area contributed by atoms with Gasteiger partial charge in [-0.3, -0.25) is 19.3 Å². The number of nitrogens with one attached hydrogen (secondary N) is 1. The highest BCUT2D eigenvalue weighted by Crippen LogP contribution is 2.53. The number of hydrogen-bond donors (Lipinski definition) is 1. The first-order valence-electron chi connectivity index (χ1n) is 10.7. The number of amides is 3. The fourth-order valence-electron chi connectivity index (χ4n) is 5.37. The normalized spacial score (nSPS) is 26.4. The van der Waals surface area contributed by atoms with Gasteiger partial charge in [0.25, 0.3) is 0 Å². The predicted octanol–water partition coefficient (Wildman–Crippen LogP) is 3.71. The maximum Gasteiger partial charge on any atom is 0.248 e. The molecule has 2 fully saturated rings. The second-order valence-corrected chi connectivity index (χ2v) is 9.02. The van der Waals surface area contributed by atoms with Gasteiger partial charge in [-0.2, -0.15) is 0 Å². The molecular formula is C25H23ClN2O4. The van der Waals surface area contributed by atoms with E-state index in [0.717, 1.165) is 12.0 Å². The number of nitrogens with zero attached hydrogens (tertiary/aromatic N) is 1. The summed E-state index contributed by atoms with van der Waals surface area (Å²) >= 11 is 6.11. The Bertz CT molecular complexity index is 1090. The van der Waals surface area contributed by atoms with Gasteiger partial charge in [0.2, 0.25) is 17.7 Å². The van der Waals surface area contributed by atoms with E-state index in [-0.39, 0.29) is 41.9 Å². The number of benzene rings is 2. The average Bonchev–Trinajstić information content (AvgIpc) is 3.47. The lowest BCUT2D eigenvalue weighted by atomic mass is 9.85. The Labute approximate surface area is 191 Å². The molecule has 1 heterocycles. The van der Waals surface area contributed by atoms with Crippen LogP contribution in [0.1, 0.15) is 12.0 Å². The Morgan fingerprint density at radius 1 is 1.09 bits per heavy atom. The number of carbonyl (C=O) groups excluding carboxylic acids is 3. The number of fused-ring (bicyclic) bond motifs is 5. The van der Waals surface area contributed by atoms with Crippen molar-refractivity contribution in [2.45, 2.75) is 18.9 Å². The van der Waals surface area contributed by atoms with E-state index in [1.807, 2.05) is 42.5 Å². The molecule has 0 radical (unpaired) electrons. The average molecular weight is 451 g/mol. The molecule has 5 rings (SSSR count). The minimum Gasteiger partial charge on any atom is -0.495 e. The number of anilines is 1. The molecule has 7 heteroatoms. The molecule has 164 valence electrons. The standard InChI is InChI=1S/C25H23ClN2O4/c1-32-20-10-9-17(26)13-18(20)27-23(29)19(11-14-5-3-2-4-6-14)28-24(30)21-15-7-8-16(12-15)22(21)25(28)31/h2-10,13,15-16,19,21-22H,11-12H2,1H3,(H,27,29)/t15-,16-,19+,21-,22+/m0/s1. The molecule has 0 spiro atoms. The molecule has 1 aliphatic heterocycles. The van der Waals surface area contributed by atoms with Crippen LogP contribution in [0.3, 0.4) is 0 Å². The molecule has 0 unspecified atom stereocenters. The summed E-state index contributed by atoms with van der Waals surface area (Å²) in [6, 6.07) is 13.3. The van der Waals surface area contributed by atoms with Crippen LogP contribution in [0.15, 0.2) is 60.7 Å². The Morgan fingerprint density at radius 3 is 2.38 bits per heavy atom. The quantitative estimate of drug-likeness (QED) is 0.537. The largest absolute Gasteiger partial charge is 0.495 e. The maximum absolute atomic E-state index is 13.5. The lowest BCUT2D eigenvalue weighted by Gasteiger charge is -2.27. The molecule has 2 bridgehead atoms. The van der Waals surface area contributed by atoms with Crippen LogP contribution in [0.5, 0.6) is 5.75 Å². The fourth-order valence-corrected chi connectivity index (χ4v) is 5.54. The Balaban J connectivity index is 1.48. The number of hydrogen-bond acceptors (Lipinski definition) is 4. The van der Waals surface area contributed by atoms with E-state index in [1.54, 1.807) is 18.2 Å². The van der Waals surface area contributed by atoms with Crippen molar-refractivity contribution in [2.75, 3.05) is 12.4 Å². The van der Waals surface area contributed by atoms with Gasteiger partial charge < -0.3 is 10.1 Å². The van der Waals surface area contributed by atoms with Gasteiger partial charge in [0, 0.05) is 11.4 Å². The molecule has 3 aliphatic rings. The van der Waals surface area contributed by atoms with Crippen molar-refractivity contribution < 1.29 is 19.1 Å². The van der Waals surface area contributed by atoms with Gasteiger partial charge in [0.05, 0.1) is 24.6 Å². The van der Waals surface area contributed by atoms with Crippen molar-refractivity contribution in [2.24, 2.45) is 23.7 Å². The van der Waals surface area contributed by atoms with Crippen molar-refractivity contribution in [3.63, 3.8) is 0 Å². The second kappa shape index (κ2) is 8.10. The van der Waals surface area contributed by atoms with Crippen LogP contribution < -0.4 is 10.1 Å². The van der Waals surface area contributed by atoms with Gasteiger partial charge in [0.1, 0.15) is 11.8 Å². The van der Waals surface area contributed by atoms with Gasteiger partial charge in [-0.1, -0.05) is 54.1 Å². The number of ether oxygens (including phenoxy) is 1. The van der Waals surface area contributed by atoms with Crippen molar-refractivity contribution in [1.29, 1.82) is 0 Å². The first-order valence-corrected chi connectivity index (χ1v) is 11.1. The molecule has 1 N–H and O–H groups in total. The Kier molecular flexibility index (Phi) is 5.25. The van der Waals surface area contributed by atoms with Crippen LogP contribution >= 0.6 is 11.6 Å². The topological polar surface area (TPSA) is 75.7 Å². The van der Waals surface area contributed by atoms with Crippen LogP contribution in [0.25, 0.3) is 0 Å². The number of allylic oxidation sites excluding steroid dienone is 2. The summed E-state index contributed by atoms with van der Waals surface area (Å²) in [6.45, 7) is 0. The van der Waals surface area contributed by atoms with Crippen molar-refractivity contribution in [1.82, 2.24) is 4.90 Å². The Hall–Kier alpha value is -3.12. The highest BCUT2D eigenvalue weighted by Gasteiger charge is 2.61. The molecule has 0 aromatic heterocycles. The first kappa shape index (κ1) is 20.8. The van der Waals surface area contributed by atoms with E-state index < -0.39 is 11.9 Å². The summed E-state index contributed by atoms with van der Waals surface area (Å²) in [7, 11) is 1.50. The molecule has 32 heavy (non-hydrogen) atoms. The van der Waals surface area contributed by atoms with Gasteiger partial charge in [0.15, 0.2) is 0 Å². The van der Waals surface area contributed by atoms with Crippen molar-refractivity contribution >= 4 is 35.0 Å². The van der Waals surface area contributed by atoms with E-state index in [9.17, 15) is 14.4 Å². The summed E-state index contributed by atoms with van der Waals surface area (Å²) in [6.07, 6.45) is 5.17.